The summed E-state index contributed by atoms with van der Waals surface area (Å²) in [6, 6.07) is 3.77. The molecular formula is C13H17F2N5. The first-order valence-corrected chi connectivity index (χ1v) is 6.29. The monoisotopic (exact) mass is 281 g/mol. The van der Waals surface area contributed by atoms with Gasteiger partial charge in [0, 0.05) is 5.54 Å². The van der Waals surface area contributed by atoms with Gasteiger partial charge in [-0.25, -0.2) is 13.5 Å². The second-order valence-corrected chi connectivity index (χ2v) is 5.60. The summed E-state index contributed by atoms with van der Waals surface area (Å²) in [5, 5.41) is 14.7. The van der Waals surface area contributed by atoms with Gasteiger partial charge in [0.1, 0.15) is 0 Å². The Hall–Kier alpha value is -1.89. The van der Waals surface area contributed by atoms with Gasteiger partial charge in [0.2, 0.25) is 0 Å². The molecule has 0 bridgehead atoms. The van der Waals surface area contributed by atoms with Crippen molar-refractivity contribution in [2.45, 2.75) is 39.4 Å². The smallest absolute Gasteiger partial charge is 0.165 e. The highest BCUT2D eigenvalue weighted by atomic mass is 19.2. The van der Waals surface area contributed by atoms with E-state index in [9.17, 15) is 8.78 Å². The van der Waals surface area contributed by atoms with Gasteiger partial charge in [0.05, 0.1) is 13.1 Å². The Morgan fingerprint density at radius 1 is 1.20 bits per heavy atom. The lowest BCUT2D eigenvalue weighted by atomic mass is 10.1. The van der Waals surface area contributed by atoms with Gasteiger partial charge in [-0.1, -0.05) is 6.07 Å². The van der Waals surface area contributed by atoms with E-state index in [1.54, 1.807) is 4.68 Å². The largest absolute Gasteiger partial charge is 0.305 e. The number of benzene rings is 1. The Kier molecular flexibility index (Phi) is 4.08. The minimum Gasteiger partial charge on any atom is -0.305 e. The summed E-state index contributed by atoms with van der Waals surface area (Å²) in [5.41, 5.74) is 0.548. The van der Waals surface area contributed by atoms with E-state index in [-0.39, 0.29) is 5.54 Å². The second-order valence-electron chi connectivity index (χ2n) is 5.60. The van der Waals surface area contributed by atoms with Gasteiger partial charge in [-0.15, -0.1) is 5.10 Å². The molecule has 1 N–H and O–H groups in total. The highest BCUT2D eigenvalue weighted by Gasteiger charge is 2.13. The summed E-state index contributed by atoms with van der Waals surface area (Å²) < 4.78 is 27.6. The van der Waals surface area contributed by atoms with Crippen molar-refractivity contribution in [1.29, 1.82) is 0 Å². The van der Waals surface area contributed by atoms with Crippen molar-refractivity contribution in [3.05, 3.63) is 41.2 Å². The van der Waals surface area contributed by atoms with Crippen LogP contribution in [0.4, 0.5) is 8.78 Å². The van der Waals surface area contributed by atoms with Crippen molar-refractivity contribution in [2.75, 3.05) is 0 Å². The third-order valence-corrected chi connectivity index (χ3v) is 2.70. The van der Waals surface area contributed by atoms with E-state index in [2.05, 4.69) is 20.8 Å². The molecule has 0 saturated carbocycles. The zero-order valence-corrected chi connectivity index (χ0v) is 11.7. The van der Waals surface area contributed by atoms with Gasteiger partial charge in [-0.2, -0.15) is 0 Å². The molecule has 0 fully saturated rings. The molecule has 108 valence electrons. The van der Waals surface area contributed by atoms with E-state index in [1.165, 1.54) is 6.07 Å². The van der Waals surface area contributed by atoms with Crippen LogP contribution in [0, 0.1) is 11.6 Å². The normalized spacial score (nSPS) is 11.8. The molecule has 0 aliphatic heterocycles. The number of tetrazole rings is 1. The Morgan fingerprint density at radius 3 is 2.60 bits per heavy atom. The van der Waals surface area contributed by atoms with Crippen molar-refractivity contribution in [3.8, 4) is 0 Å². The van der Waals surface area contributed by atoms with Crippen LogP contribution in [0.25, 0.3) is 0 Å². The Balaban J connectivity index is 2.10. The summed E-state index contributed by atoms with van der Waals surface area (Å²) in [5.74, 6) is -1.09. The molecule has 1 aromatic carbocycles. The molecular weight excluding hydrogens is 264 g/mol. The molecule has 1 aromatic heterocycles. The molecule has 5 nitrogen and oxygen atoms in total. The van der Waals surface area contributed by atoms with Crippen molar-refractivity contribution in [3.63, 3.8) is 0 Å². The van der Waals surface area contributed by atoms with Gasteiger partial charge in [-0.3, -0.25) is 0 Å². The summed E-state index contributed by atoms with van der Waals surface area (Å²) in [7, 11) is 0. The summed E-state index contributed by atoms with van der Waals surface area (Å²) in [6.45, 7) is 6.91. The van der Waals surface area contributed by atoms with E-state index < -0.39 is 11.6 Å². The fourth-order valence-corrected chi connectivity index (χ4v) is 1.63. The van der Waals surface area contributed by atoms with Gasteiger partial charge < -0.3 is 5.32 Å². The van der Waals surface area contributed by atoms with Gasteiger partial charge in [0.25, 0.3) is 0 Å². The molecule has 20 heavy (non-hydrogen) atoms. The molecule has 0 aliphatic rings. The molecule has 0 unspecified atom stereocenters. The molecule has 2 aromatic rings. The van der Waals surface area contributed by atoms with Crippen molar-refractivity contribution in [2.24, 2.45) is 0 Å². The number of rotatable bonds is 4. The average Bonchev–Trinajstić information content (AvgIpc) is 2.78. The molecule has 2 rings (SSSR count). The van der Waals surface area contributed by atoms with Gasteiger partial charge in [0.15, 0.2) is 17.5 Å². The first kappa shape index (κ1) is 14.5. The number of nitrogens with one attached hydrogen (secondary N) is 1. The first-order valence-electron chi connectivity index (χ1n) is 6.29. The van der Waals surface area contributed by atoms with Crippen LogP contribution in [0.15, 0.2) is 18.2 Å². The van der Waals surface area contributed by atoms with Crippen molar-refractivity contribution < 1.29 is 8.78 Å². The predicted molar refractivity (Wildman–Crippen MR) is 69.9 cm³/mol. The van der Waals surface area contributed by atoms with Gasteiger partial charge >= 0.3 is 0 Å². The number of hydrogen-bond donors (Lipinski definition) is 1. The quantitative estimate of drug-likeness (QED) is 0.930. The topological polar surface area (TPSA) is 55.6 Å². The molecule has 7 heteroatoms. The predicted octanol–water partition coefficient (Wildman–Crippen LogP) is 1.89. The maximum absolute atomic E-state index is 13.2. The molecule has 1 heterocycles. The number of aromatic nitrogens is 4. The number of nitrogens with zero attached hydrogens (tertiary/aromatic N) is 4. The fourth-order valence-electron chi connectivity index (χ4n) is 1.63. The van der Waals surface area contributed by atoms with Crippen LogP contribution in [-0.2, 0) is 13.1 Å². The van der Waals surface area contributed by atoms with Gasteiger partial charge in [-0.05, 0) is 48.9 Å². The lowest BCUT2D eigenvalue weighted by molar-refractivity contribution is 0.410. The van der Waals surface area contributed by atoms with Crippen molar-refractivity contribution >= 4 is 0 Å². The van der Waals surface area contributed by atoms with Crippen LogP contribution in [0.2, 0.25) is 0 Å². The Morgan fingerprint density at radius 2 is 1.95 bits per heavy atom. The van der Waals surface area contributed by atoms with E-state index in [0.29, 0.717) is 24.5 Å². The van der Waals surface area contributed by atoms with Crippen molar-refractivity contribution in [1.82, 2.24) is 25.5 Å². The summed E-state index contributed by atoms with van der Waals surface area (Å²) in [6.07, 6.45) is 0. The van der Waals surface area contributed by atoms with Crippen LogP contribution in [0.3, 0.4) is 0 Å². The average molecular weight is 281 g/mol. The minimum absolute atomic E-state index is 0.0568. The Labute approximate surface area is 116 Å². The molecule has 0 atom stereocenters. The highest BCUT2D eigenvalue weighted by Crippen LogP contribution is 2.10. The van der Waals surface area contributed by atoms with Crippen LogP contribution < -0.4 is 5.32 Å². The first-order chi connectivity index (χ1) is 9.35. The van der Waals surface area contributed by atoms with E-state index >= 15 is 0 Å². The molecule has 0 saturated heterocycles. The minimum atomic E-state index is -0.870. The third kappa shape index (κ3) is 3.80. The lowest BCUT2D eigenvalue weighted by Gasteiger charge is -2.19. The number of halogens is 2. The zero-order chi connectivity index (χ0) is 14.8. The number of hydrogen-bond acceptors (Lipinski definition) is 4. The molecule has 0 spiro atoms. The van der Waals surface area contributed by atoms with Crippen LogP contribution in [0.5, 0.6) is 0 Å². The standard InChI is InChI=1S/C13H17F2N5/c1-13(2,3)16-7-12-17-18-19-20(12)8-9-4-5-10(14)11(15)6-9/h4-6,16H,7-8H2,1-3H3. The molecule has 0 radical (unpaired) electrons. The van der Waals surface area contributed by atoms with Crippen LogP contribution >= 0.6 is 0 Å². The molecule has 0 amide bonds. The van der Waals surface area contributed by atoms with E-state index in [4.69, 9.17) is 0 Å². The molecule has 0 aliphatic carbocycles. The maximum atomic E-state index is 13.2. The maximum Gasteiger partial charge on any atom is 0.165 e. The van der Waals surface area contributed by atoms with Crippen LogP contribution in [-0.4, -0.2) is 25.7 Å². The Bertz CT molecular complexity index is 589. The zero-order valence-electron chi connectivity index (χ0n) is 11.7. The summed E-state index contributed by atoms with van der Waals surface area (Å²) >= 11 is 0. The fraction of sp³-hybridized carbons (Fsp3) is 0.462. The highest BCUT2D eigenvalue weighted by molar-refractivity contribution is 5.18. The SMILES string of the molecule is CC(C)(C)NCc1nnnn1Cc1ccc(F)c(F)c1. The van der Waals surface area contributed by atoms with E-state index in [0.717, 1.165) is 12.1 Å². The summed E-state index contributed by atoms with van der Waals surface area (Å²) in [4.78, 5) is 0. The van der Waals surface area contributed by atoms with Crippen LogP contribution in [0.1, 0.15) is 32.2 Å². The van der Waals surface area contributed by atoms with E-state index in [1.807, 2.05) is 20.8 Å². The second kappa shape index (κ2) is 5.62. The third-order valence-electron chi connectivity index (χ3n) is 2.70. The lowest BCUT2D eigenvalue weighted by Crippen LogP contribution is -2.36.